The van der Waals surface area contributed by atoms with Crippen molar-refractivity contribution >= 4 is 17.4 Å². The minimum atomic E-state index is -0.0959. The van der Waals surface area contributed by atoms with Gasteiger partial charge in [0.1, 0.15) is 5.82 Å². The maximum absolute atomic E-state index is 6.11. The molecule has 0 amide bonds. The molecule has 118 valence electrons. The Morgan fingerprint density at radius 3 is 2.81 bits per heavy atom. The molecule has 1 aromatic rings. The van der Waals surface area contributed by atoms with Gasteiger partial charge in [-0.05, 0) is 38.9 Å². The van der Waals surface area contributed by atoms with Gasteiger partial charge in [-0.15, -0.1) is 0 Å². The summed E-state index contributed by atoms with van der Waals surface area (Å²) in [6.07, 6.45) is 6.16. The van der Waals surface area contributed by atoms with Crippen molar-refractivity contribution in [3.63, 3.8) is 0 Å². The van der Waals surface area contributed by atoms with Gasteiger partial charge in [-0.2, -0.15) is 0 Å². The van der Waals surface area contributed by atoms with Crippen LogP contribution in [-0.4, -0.2) is 29.5 Å². The number of nitrogens with one attached hydrogen (secondary N) is 1. The Kier molecular flexibility index (Phi) is 5.09. The van der Waals surface area contributed by atoms with Crippen LogP contribution in [-0.2, 0) is 0 Å². The second-order valence-corrected chi connectivity index (χ2v) is 6.86. The highest BCUT2D eigenvalue weighted by Crippen LogP contribution is 2.44. The topological polar surface area (TPSA) is 80.2 Å². The molecule has 21 heavy (non-hydrogen) atoms. The summed E-state index contributed by atoms with van der Waals surface area (Å²) in [5, 5.41) is 0.581. The van der Waals surface area contributed by atoms with E-state index in [1.807, 2.05) is 6.07 Å². The highest BCUT2D eigenvalue weighted by molar-refractivity contribution is 6.30. The molecule has 5 N–H and O–H groups in total. The molecule has 1 aliphatic carbocycles. The molecule has 1 fully saturated rings. The normalized spacial score (nSPS) is 27.8. The maximum Gasteiger partial charge on any atom is 0.128 e. The molecule has 1 saturated carbocycles. The first-order valence-corrected chi connectivity index (χ1v) is 7.83. The molecule has 2 rings (SSSR count). The summed E-state index contributed by atoms with van der Waals surface area (Å²) >= 11 is 6.11. The summed E-state index contributed by atoms with van der Waals surface area (Å²) in [4.78, 5) is 6.45. The second-order valence-electron chi connectivity index (χ2n) is 6.43. The third-order valence-corrected chi connectivity index (χ3v) is 5.04. The minimum absolute atomic E-state index is 0.0765. The minimum Gasteiger partial charge on any atom is -0.383 e. The van der Waals surface area contributed by atoms with Crippen molar-refractivity contribution < 1.29 is 0 Å². The lowest BCUT2D eigenvalue weighted by Gasteiger charge is -2.50. The second kappa shape index (κ2) is 6.48. The zero-order chi connectivity index (χ0) is 15.6. The Labute approximate surface area is 132 Å². The summed E-state index contributed by atoms with van der Waals surface area (Å²) < 4.78 is 0. The number of hydrazine groups is 1. The van der Waals surface area contributed by atoms with Crippen molar-refractivity contribution in [2.75, 3.05) is 19.8 Å². The number of nitrogen functional groups attached to an aromatic ring is 1. The first kappa shape index (κ1) is 16.5. The van der Waals surface area contributed by atoms with Gasteiger partial charge in [-0.1, -0.05) is 31.4 Å². The quantitative estimate of drug-likeness (QED) is 0.587. The maximum atomic E-state index is 6.11. The molecule has 0 spiro atoms. The van der Waals surface area contributed by atoms with Crippen molar-refractivity contribution in [1.29, 1.82) is 0 Å². The fraction of sp³-hybridized carbons (Fsp3) is 0.667. The molecule has 0 aliphatic heterocycles. The predicted molar refractivity (Wildman–Crippen MR) is 87.8 cm³/mol. The summed E-state index contributed by atoms with van der Waals surface area (Å²) in [5.41, 5.74) is 9.87. The van der Waals surface area contributed by atoms with E-state index in [0.717, 1.165) is 18.4 Å². The van der Waals surface area contributed by atoms with E-state index in [0.29, 0.717) is 16.8 Å². The molecular formula is C15H26ClN5. The van der Waals surface area contributed by atoms with Crippen LogP contribution in [0.3, 0.4) is 0 Å². The van der Waals surface area contributed by atoms with Gasteiger partial charge < -0.3 is 10.6 Å². The lowest BCUT2D eigenvalue weighted by molar-refractivity contribution is 0.0368. The number of rotatable bonds is 4. The summed E-state index contributed by atoms with van der Waals surface area (Å²) in [5.74, 6) is 7.07. The first-order chi connectivity index (χ1) is 9.90. The molecule has 3 unspecified atom stereocenters. The fourth-order valence-corrected chi connectivity index (χ4v) is 3.89. The SMILES string of the molecule is CC1CCCC(C(NN)c2cc(Cl)cnc2N)(N(C)C)C1. The van der Waals surface area contributed by atoms with Crippen LogP contribution >= 0.6 is 11.6 Å². The van der Waals surface area contributed by atoms with Gasteiger partial charge in [0.2, 0.25) is 0 Å². The van der Waals surface area contributed by atoms with E-state index in [1.165, 1.54) is 12.8 Å². The zero-order valence-electron chi connectivity index (χ0n) is 13.1. The van der Waals surface area contributed by atoms with E-state index in [-0.39, 0.29) is 11.6 Å². The number of hydrogen-bond donors (Lipinski definition) is 3. The number of nitrogens with zero attached hydrogens (tertiary/aromatic N) is 2. The van der Waals surface area contributed by atoms with Crippen LogP contribution in [0.5, 0.6) is 0 Å². The third kappa shape index (κ3) is 3.16. The van der Waals surface area contributed by atoms with Gasteiger partial charge in [-0.3, -0.25) is 11.3 Å². The van der Waals surface area contributed by atoms with Crippen LogP contribution in [0, 0.1) is 5.92 Å². The third-order valence-electron chi connectivity index (χ3n) is 4.83. The molecule has 1 aliphatic rings. The Hall–Kier alpha value is -0.880. The Balaban J connectivity index is 2.47. The average Bonchev–Trinajstić information content (AvgIpc) is 2.43. The highest BCUT2D eigenvalue weighted by Gasteiger charge is 2.44. The Bertz CT molecular complexity index is 493. The largest absolute Gasteiger partial charge is 0.383 e. The van der Waals surface area contributed by atoms with Crippen LogP contribution in [0.15, 0.2) is 12.3 Å². The van der Waals surface area contributed by atoms with E-state index < -0.39 is 0 Å². The van der Waals surface area contributed by atoms with Gasteiger partial charge in [-0.25, -0.2) is 4.98 Å². The van der Waals surface area contributed by atoms with Crippen molar-refractivity contribution in [2.24, 2.45) is 11.8 Å². The number of halogens is 1. The number of anilines is 1. The lowest BCUT2D eigenvalue weighted by atomic mass is 9.70. The van der Waals surface area contributed by atoms with E-state index in [2.05, 4.69) is 36.3 Å². The van der Waals surface area contributed by atoms with Gasteiger partial charge in [0, 0.05) is 17.3 Å². The molecule has 6 heteroatoms. The highest BCUT2D eigenvalue weighted by atomic mass is 35.5. The summed E-state index contributed by atoms with van der Waals surface area (Å²) in [7, 11) is 4.22. The van der Waals surface area contributed by atoms with E-state index in [9.17, 15) is 0 Å². The number of aromatic nitrogens is 1. The fourth-order valence-electron chi connectivity index (χ4n) is 3.72. The molecule has 1 aromatic heterocycles. The van der Waals surface area contributed by atoms with Crippen LogP contribution in [0.2, 0.25) is 5.02 Å². The summed E-state index contributed by atoms with van der Waals surface area (Å²) in [6.45, 7) is 2.30. The van der Waals surface area contributed by atoms with E-state index >= 15 is 0 Å². The van der Waals surface area contributed by atoms with Crippen molar-refractivity contribution in [3.05, 3.63) is 22.8 Å². The number of nitrogens with two attached hydrogens (primary N) is 2. The monoisotopic (exact) mass is 311 g/mol. The number of likely N-dealkylation sites (N-methyl/N-ethyl adjacent to an activating group) is 1. The predicted octanol–water partition coefficient (Wildman–Crippen LogP) is 2.33. The first-order valence-electron chi connectivity index (χ1n) is 7.45. The van der Waals surface area contributed by atoms with E-state index in [4.69, 9.17) is 23.2 Å². The molecule has 0 aromatic carbocycles. The molecule has 5 nitrogen and oxygen atoms in total. The lowest BCUT2D eigenvalue weighted by Crippen LogP contribution is -2.57. The molecule has 1 heterocycles. The van der Waals surface area contributed by atoms with Crippen LogP contribution in [0.4, 0.5) is 5.82 Å². The van der Waals surface area contributed by atoms with Crippen molar-refractivity contribution in [3.8, 4) is 0 Å². The molecule has 0 saturated heterocycles. The van der Waals surface area contributed by atoms with Gasteiger partial charge in [0.05, 0.1) is 11.1 Å². The molecule has 0 radical (unpaired) electrons. The van der Waals surface area contributed by atoms with Gasteiger partial charge in [0.25, 0.3) is 0 Å². The molecular weight excluding hydrogens is 286 g/mol. The van der Waals surface area contributed by atoms with Crippen molar-refractivity contribution in [1.82, 2.24) is 15.3 Å². The van der Waals surface area contributed by atoms with Crippen LogP contribution in [0.25, 0.3) is 0 Å². The Morgan fingerprint density at radius 1 is 1.52 bits per heavy atom. The summed E-state index contributed by atoms with van der Waals surface area (Å²) in [6, 6.07) is 1.78. The van der Waals surface area contributed by atoms with Crippen molar-refractivity contribution in [2.45, 2.75) is 44.2 Å². The van der Waals surface area contributed by atoms with Gasteiger partial charge >= 0.3 is 0 Å². The smallest absolute Gasteiger partial charge is 0.128 e. The van der Waals surface area contributed by atoms with Gasteiger partial charge in [0.15, 0.2) is 0 Å². The number of pyridine rings is 1. The zero-order valence-corrected chi connectivity index (χ0v) is 13.8. The van der Waals surface area contributed by atoms with E-state index in [1.54, 1.807) is 6.20 Å². The average molecular weight is 312 g/mol. The molecule has 3 atom stereocenters. The van der Waals surface area contributed by atoms with Crippen LogP contribution in [0.1, 0.15) is 44.2 Å². The number of hydrogen-bond acceptors (Lipinski definition) is 5. The molecule has 0 bridgehead atoms. The van der Waals surface area contributed by atoms with Crippen LogP contribution < -0.4 is 17.0 Å². The standard InChI is InChI=1S/C15H26ClN5/c1-10-5-4-6-15(8-10,21(2)3)13(20-18)12-7-11(16)9-19-14(12)17/h7,9-10,13,20H,4-6,8,18H2,1-3H3,(H2,17,19). The Morgan fingerprint density at radius 2 is 2.24 bits per heavy atom.